The van der Waals surface area contributed by atoms with Gasteiger partial charge in [-0.2, -0.15) is 0 Å². The van der Waals surface area contributed by atoms with E-state index in [1.807, 2.05) is 14.0 Å². The van der Waals surface area contributed by atoms with E-state index in [1.54, 1.807) is 0 Å². The van der Waals surface area contributed by atoms with Gasteiger partial charge in [-0.05, 0) is 65.1 Å². The highest BCUT2D eigenvalue weighted by Crippen LogP contribution is 2.27. The van der Waals surface area contributed by atoms with Crippen molar-refractivity contribution in [3.8, 4) is 0 Å². The van der Waals surface area contributed by atoms with Gasteiger partial charge < -0.3 is 15.0 Å². The zero-order valence-electron chi connectivity index (χ0n) is 13.7. The van der Waals surface area contributed by atoms with Crippen molar-refractivity contribution >= 4 is 5.97 Å². The maximum atomic E-state index is 11.7. The molecule has 0 amide bonds. The molecule has 4 nitrogen and oxygen atoms in total. The lowest BCUT2D eigenvalue weighted by Crippen LogP contribution is -2.48. The van der Waals surface area contributed by atoms with Gasteiger partial charge in [-0.1, -0.05) is 13.3 Å². The zero-order chi connectivity index (χ0) is 15.0. The van der Waals surface area contributed by atoms with Crippen molar-refractivity contribution in [3.63, 3.8) is 0 Å². The highest BCUT2D eigenvalue weighted by Gasteiger charge is 2.31. The summed E-state index contributed by atoms with van der Waals surface area (Å²) in [4.78, 5) is 14.3. The molecule has 0 aromatic carbocycles. The average Bonchev–Trinajstić information content (AvgIpc) is 2.43. The van der Waals surface area contributed by atoms with E-state index in [0.29, 0.717) is 0 Å². The summed E-state index contributed by atoms with van der Waals surface area (Å²) in [5.41, 5.74) is -0.542. The normalized spacial score (nSPS) is 18.6. The number of nitrogens with zero attached hydrogens (tertiary/aromatic N) is 1. The predicted octanol–water partition coefficient (Wildman–Crippen LogP) is 2.43. The summed E-state index contributed by atoms with van der Waals surface area (Å²) in [6, 6.07) is 0. The van der Waals surface area contributed by atoms with Gasteiger partial charge in [0.25, 0.3) is 0 Å². The number of hydrogen-bond acceptors (Lipinski definition) is 4. The molecule has 0 aliphatic heterocycles. The second-order valence-corrected chi connectivity index (χ2v) is 6.22. The standard InChI is InChI=1S/C16H32N2O2/c1-5-18(13-14-9-8-10-14)12-7-6-11-16(2,17-3)15(19)20-4/h14,17H,5-13H2,1-4H3. The molecular weight excluding hydrogens is 252 g/mol. The average molecular weight is 284 g/mol. The fourth-order valence-electron chi connectivity index (χ4n) is 2.79. The molecule has 1 atom stereocenters. The third-order valence-corrected chi connectivity index (χ3v) is 4.78. The summed E-state index contributed by atoms with van der Waals surface area (Å²) in [6.45, 7) is 7.71. The Kier molecular flexibility index (Phi) is 7.52. The van der Waals surface area contributed by atoms with Gasteiger partial charge in [0, 0.05) is 6.54 Å². The smallest absolute Gasteiger partial charge is 0.325 e. The minimum Gasteiger partial charge on any atom is -0.468 e. The Bertz CT molecular complexity index is 292. The van der Waals surface area contributed by atoms with E-state index in [1.165, 1.54) is 32.9 Å². The lowest BCUT2D eigenvalue weighted by molar-refractivity contribution is -0.148. The van der Waals surface area contributed by atoms with E-state index in [9.17, 15) is 4.79 Å². The third kappa shape index (κ3) is 5.06. The number of hydrogen-bond donors (Lipinski definition) is 1. The summed E-state index contributed by atoms with van der Waals surface area (Å²) in [5, 5.41) is 3.09. The summed E-state index contributed by atoms with van der Waals surface area (Å²) < 4.78 is 4.87. The molecule has 0 saturated heterocycles. The SMILES string of the molecule is CCN(CCCCC(C)(NC)C(=O)OC)CC1CCC1. The molecular formula is C16H32N2O2. The highest BCUT2D eigenvalue weighted by atomic mass is 16.5. The van der Waals surface area contributed by atoms with Crippen molar-refractivity contribution in [1.29, 1.82) is 0 Å². The van der Waals surface area contributed by atoms with E-state index in [2.05, 4.69) is 17.1 Å². The Morgan fingerprint density at radius 3 is 2.55 bits per heavy atom. The summed E-state index contributed by atoms with van der Waals surface area (Å²) >= 11 is 0. The van der Waals surface area contributed by atoms with Crippen LogP contribution in [0.1, 0.15) is 52.4 Å². The Hall–Kier alpha value is -0.610. The van der Waals surface area contributed by atoms with Crippen LogP contribution in [0, 0.1) is 5.92 Å². The lowest BCUT2D eigenvalue weighted by Gasteiger charge is -2.32. The maximum Gasteiger partial charge on any atom is 0.325 e. The van der Waals surface area contributed by atoms with Gasteiger partial charge in [0.2, 0.25) is 0 Å². The Morgan fingerprint density at radius 1 is 1.40 bits per heavy atom. The quantitative estimate of drug-likeness (QED) is 0.494. The van der Waals surface area contributed by atoms with Gasteiger partial charge in [0.15, 0.2) is 0 Å². The molecule has 1 fully saturated rings. The van der Waals surface area contributed by atoms with Crippen LogP contribution in [-0.4, -0.2) is 50.2 Å². The molecule has 1 aliphatic carbocycles. The number of unbranched alkanes of at least 4 members (excludes halogenated alkanes) is 1. The van der Waals surface area contributed by atoms with Gasteiger partial charge in [0.05, 0.1) is 7.11 Å². The number of rotatable bonds is 10. The van der Waals surface area contributed by atoms with E-state index in [-0.39, 0.29) is 5.97 Å². The molecule has 1 rings (SSSR count). The summed E-state index contributed by atoms with van der Waals surface area (Å²) in [6.07, 6.45) is 7.27. The Balaban J connectivity index is 2.22. The van der Waals surface area contributed by atoms with Crippen molar-refractivity contribution in [2.45, 2.75) is 57.9 Å². The Labute approximate surface area is 124 Å². The lowest BCUT2D eigenvalue weighted by atomic mass is 9.85. The van der Waals surface area contributed by atoms with Crippen LogP contribution >= 0.6 is 0 Å². The molecule has 0 bridgehead atoms. The van der Waals surface area contributed by atoms with E-state index in [4.69, 9.17) is 4.74 Å². The molecule has 0 spiro atoms. The number of ether oxygens (including phenoxy) is 1. The van der Waals surface area contributed by atoms with Crippen molar-refractivity contribution in [1.82, 2.24) is 10.2 Å². The number of carbonyl (C=O) groups excluding carboxylic acids is 1. The van der Waals surface area contributed by atoms with E-state index < -0.39 is 5.54 Å². The predicted molar refractivity (Wildman–Crippen MR) is 82.8 cm³/mol. The molecule has 20 heavy (non-hydrogen) atoms. The molecule has 0 aromatic rings. The summed E-state index contributed by atoms with van der Waals surface area (Å²) in [7, 11) is 3.28. The van der Waals surface area contributed by atoms with Crippen LogP contribution in [0.3, 0.4) is 0 Å². The van der Waals surface area contributed by atoms with Crippen LogP contribution in [0.4, 0.5) is 0 Å². The van der Waals surface area contributed by atoms with Crippen LogP contribution in [-0.2, 0) is 9.53 Å². The number of esters is 1. The molecule has 1 aliphatic rings. The molecule has 1 unspecified atom stereocenters. The number of nitrogens with one attached hydrogen (secondary N) is 1. The van der Waals surface area contributed by atoms with Crippen LogP contribution in [0.2, 0.25) is 0 Å². The fourth-order valence-corrected chi connectivity index (χ4v) is 2.79. The molecule has 4 heteroatoms. The van der Waals surface area contributed by atoms with Crippen LogP contribution in [0.25, 0.3) is 0 Å². The van der Waals surface area contributed by atoms with Crippen molar-refractivity contribution in [2.24, 2.45) is 5.92 Å². The highest BCUT2D eigenvalue weighted by molar-refractivity contribution is 5.80. The van der Waals surface area contributed by atoms with Gasteiger partial charge >= 0.3 is 5.97 Å². The first-order chi connectivity index (χ1) is 9.55. The van der Waals surface area contributed by atoms with Crippen molar-refractivity contribution < 1.29 is 9.53 Å². The minimum absolute atomic E-state index is 0.165. The Morgan fingerprint density at radius 2 is 2.10 bits per heavy atom. The number of methoxy groups -OCH3 is 1. The number of likely N-dealkylation sites (N-methyl/N-ethyl adjacent to an activating group) is 1. The first kappa shape index (κ1) is 17.4. The zero-order valence-corrected chi connectivity index (χ0v) is 13.7. The number of carbonyl (C=O) groups is 1. The van der Waals surface area contributed by atoms with E-state index >= 15 is 0 Å². The van der Waals surface area contributed by atoms with Crippen LogP contribution < -0.4 is 5.32 Å². The summed E-state index contributed by atoms with van der Waals surface area (Å²) in [5.74, 6) is 0.773. The van der Waals surface area contributed by atoms with Gasteiger partial charge in [-0.3, -0.25) is 4.79 Å². The van der Waals surface area contributed by atoms with Gasteiger partial charge in [0.1, 0.15) is 5.54 Å². The van der Waals surface area contributed by atoms with Crippen LogP contribution in [0.5, 0.6) is 0 Å². The molecule has 0 radical (unpaired) electrons. The molecule has 0 aromatic heterocycles. The van der Waals surface area contributed by atoms with E-state index in [0.717, 1.165) is 38.3 Å². The first-order valence-corrected chi connectivity index (χ1v) is 8.05. The van der Waals surface area contributed by atoms with Crippen LogP contribution in [0.15, 0.2) is 0 Å². The van der Waals surface area contributed by atoms with Gasteiger partial charge in [-0.25, -0.2) is 0 Å². The van der Waals surface area contributed by atoms with Gasteiger partial charge in [-0.15, -0.1) is 0 Å². The molecule has 0 heterocycles. The monoisotopic (exact) mass is 284 g/mol. The third-order valence-electron chi connectivity index (χ3n) is 4.78. The first-order valence-electron chi connectivity index (χ1n) is 8.05. The molecule has 1 N–H and O–H groups in total. The molecule has 118 valence electrons. The fraction of sp³-hybridized carbons (Fsp3) is 0.938. The minimum atomic E-state index is -0.542. The molecule has 1 saturated carbocycles. The topological polar surface area (TPSA) is 41.6 Å². The largest absolute Gasteiger partial charge is 0.468 e. The van der Waals surface area contributed by atoms with Crippen molar-refractivity contribution in [3.05, 3.63) is 0 Å². The van der Waals surface area contributed by atoms with Crippen molar-refractivity contribution in [2.75, 3.05) is 33.8 Å². The second-order valence-electron chi connectivity index (χ2n) is 6.22. The maximum absolute atomic E-state index is 11.7. The second kappa shape index (κ2) is 8.63.